The summed E-state index contributed by atoms with van der Waals surface area (Å²) in [7, 11) is 0. The Balaban J connectivity index is 2.19. The monoisotopic (exact) mass is 247 g/mol. The smallest absolute Gasteiger partial charge is 0.0670 e. The third-order valence-corrected chi connectivity index (χ3v) is 4.03. The quantitative estimate of drug-likeness (QED) is 0.815. The Morgan fingerprint density at radius 2 is 2.24 bits per heavy atom. The van der Waals surface area contributed by atoms with E-state index in [0.717, 1.165) is 24.3 Å². The molecule has 0 radical (unpaired) electrons. The number of hydrogen-bond donors (Lipinski definition) is 1. The van der Waals surface area contributed by atoms with Crippen LogP contribution in [0.2, 0.25) is 0 Å². The van der Waals surface area contributed by atoms with Gasteiger partial charge in [0.15, 0.2) is 0 Å². The van der Waals surface area contributed by atoms with E-state index < -0.39 is 0 Å². The Kier molecular flexibility index (Phi) is 4.16. The maximum absolute atomic E-state index is 8.77. The third-order valence-electron chi connectivity index (χ3n) is 2.98. The molecule has 0 amide bonds. The highest BCUT2D eigenvalue weighted by molar-refractivity contribution is 7.99. The lowest BCUT2D eigenvalue weighted by molar-refractivity contribution is 0.815. The van der Waals surface area contributed by atoms with Crippen molar-refractivity contribution in [2.75, 3.05) is 35.2 Å². The van der Waals surface area contributed by atoms with Gasteiger partial charge in [-0.1, -0.05) is 0 Å². The minimum Gasteiger partial charge on any atom is -0.398 e. The first-order valence-corrected chi connectivity index (χ1v) is 7.05. The van der Waals surface area contributed by atoms with E-state index >= 15 is 0 Å². The van der Waals surface area contributed by atoms with E-state index in [9.17, 15) is 0 Å². The van der Waals surface area contributed by atoms with Gasteiger partial charge in [0.25, 0.3) is 0 Å². The van der Waals surface area contributed by atoms with Gasteiger partial charge in [-0.15, -0.1) is 0 Å². The van der Waals surface area contributed by atoms with Crippen molar-refractivity contribution in [3.63, 3.8) is 0 Å². The van der Waals surface area contributed by atoms with Gasteiger partial charge in [0.05, 0.1) is 12.5 Å². The van der Waals surface area contributed by atoms with Crippen molar-refractivity contribution >= 4 is 23.1 Å². The predicted octanol–water partition coefficient (Wildman–Crippen LogP) is 2.28. The molecule has 3 nitrogen and oxygen atoms in total. The van der Waals surface area contributed by atoms with E-state index in [-0.39, 0.29) is 0 Å². The van der Waals surface area contributed by atoms with Gasteiger partial charge in [0.1, 0.15) is 0 Å². The number of nitrogen functional groups attached to an aromatic ring is 1. The Bertz CT molecular complexity index is 417. The van der Waals surface area contributed by atoms with Crippen molar-refractivity contribution in [2.45, 2.75) is 12.8 Å². The molecule has 17 heavy (non-hydrogen) atoms. The summed E-state index contributed by atoms with van der Waals surface area (Å²) in [5, 5.41) is 8.77. The van der Waals surface area contributed by atoms with Crippen LogP contribution < -0.4 is 10.6 Å². The van der Waals surface area contributed by atoms with Crippen molar-refractivity contribution in [3.8, 4) is 6.07 Å². The summed E-state index contributed by atoms with van der Waals surface area (Å²) in [6, 6.07) is 8.21. The van der Waals surface area contributed by atoms with Crippen LogP contribution in [-0.4, -0.2) is 24.6 Å². The van der Waals surface area contributed by atoms with Gasteiger partial charge < -0.3 is 10.6 Å². The van der Waals surface area contributed by atoms with Gasteiger partial charge in [0.2, 0.25) is 0 Å². The standard InChI is InChI=1S/C13H17N3S/c14-5-4-11-10-12(2-3-13(11)15)16-6-1-8-17-9-7-16/h2-3,10H,1,4,6-9,15H2. The number of nitrogens with two attached hydrogens (primary N) is 1. The van der Waals surface area contributed by atoms with Crippen LogP contribution in [0, 0.1) is 11.3 Å². The molecule has 0 unspecified atom stereocenters. The molecule has 1 aliphatic heterocycles. The fraction of sp³-hybridized carbons (Fsp3) is 0.462. The molecule has 0 saturated carbocycles. The molecule has 4 heteroatoms. The van der Waals surface area contributed by atoms with E-state index in [2.05, 4.69) is 23.1 Å². The number of anilines is 2. The lowest BCUT2D eigenvalue weighted by atomic mass is 10.1. The number of nitriles is 1. The fourth-order valence-corrected chi connectivity index (χ4v) is 2.92. The summed E-state index contributed by atoms with van der Waals surface area (Å²) in [5.41, 5.74) is 8.73. The average Bonchev–Trinajstić information content (AvgIpc) is 2.61. The first kappa shape index (κ1) is 12.1. The van der Waals surface area contributed by atoms with E-state index in [1.807, 2.05) is 17.8 Å². The summed E-state index contributed by atoms with van der Waals surface area (Å²) >= 11 is 2.01. The number of benzene rings is 1. The summed E-state index contributed by atoms with van der Waals surface area (Å²) < 4.78 is 0. The van der Waals surface area contributed by atoms with Crippen molar-refractivity contribution in [2.24, 2.45) is 0 Å². The Labute approximate surface area is 107 Å². The highest BCUT2D eigenvalue weighted by Gasteiger charge is 2.11. The van der Waals surface area contributed by atoms with Crippen LogP contribution in [0.4, 0.5) is 11.4 Å². The molecule has 1 aromatic rings. The Morgan fingerprint density at radius 3 is 3.06 bits per heavy atom. The second-order valence-electron chi connectivity index (χ2n) is 4.17. The van der Waals surface area contributed by atoms with Gasteiger partial charge in [-0.25, -0.2) is 0 Å². The lowest BCUT2D eigenvalue weighted by Gasteiger charge is -2.23. The van der Waals surface area contributed by atoms with Crippen LogP contribution in [0.25, 0.3) is 0 Å². The molecule has 0 aromatic heterocycles. The maximum Gasteiger partial charge on any atom is 0.0670 e. The van der Waals surface area contributed by atoms with Gasteiger partial charge >= 0.3 is 0 Å². The lowest BCUT2D eigenvalue weighted by Crippen LogP contribution is -2.25. The second-order valence-corrected chi connectivity index (χ2v) is 5.40. The van der Waals surface area contributed by atoms with E-state index in [4.69, 9.17) is 11.0 Å². The fourth-order valence-electron chi connectivity index (χ4n) is 2.03. The van der Waals surface area contributed by atoms with Crippen LogP contribution in [-0.2, 0) is 6.42 Å². The molecule has 90 valence electrons. The molecular formula is C13H17N3S. The SMILES string of the molecule is N#CCc1cc(N2CCCSCC2)ccc1N. The third kappa shape index (κ3) is 3.07. The molecule has 1 fully saturated rings. The molecule has 1 saturated heterocycles. The molecule has 0 spiro atoms. The first-order chi connectivity index (χ1) is 8.31. The molecule has 1 aliphatic rings. The minimum atomic E-state index is 0.391. The molecule has 1 heterocycles. The van der Waals surface area contributed by atoms with E-state index in [1.165, 1.54) is 23.6 Å². The highest BCUT2D eigenvalue weighted by Crippen LogP contribution is 2.23. The highest BCUT2D eigenvalue weighted by atomic mass is 32.2. The van der Waals surface area contributed by atoms with Gasteiger partial charge in [-0.2, -0.15) is 17.0 Å². The van der Waals surface area contributed by atoms with Crippen molar-refractivity contribution in [1.29, 1.82) is 5.26 Å². The van der Waals surface area contributed by atoms with Gasteiger partial charge in [0, 0.05) is 30.2 Å². The second kappa shape index (κ2) is 5.83. The molecule has 0 atom stereocenters. The Morgan fingerprint density at radius 1 is 1.35 bits per heavy atom. The van der Waals surface area contributed by atoms with Crippen molar-refractivity contribution in [3.05, 3.63) is 23.8 Å². The van der Waals surface area contributed by atoms with Gasteiger partial charge in [-0.3, -0.25) is 0 Å². The Hall–Kier alpha value is -1.34. The summed E-state index contributed by atoms with van der Waals surface area (Å²) in [5.74, 6) is 2.43. The van der Waals surface area contributed by atoms with Crippen molar-refractivity contribution in [1.82, 2.24) is 0 Å². The molecular weight excluding hydrogens is 230 g/mol. The molecule has 1 aromatic carbocycles. The normalized spacial score (nSPS) is 16.3. The minimum absolute atomic E-state index is 0.391. The van der Waals surface area contributed by atoms with Crippen LogP contribution in [0.5, 0.6) is 0 Å². The van der Waals surface area contributed by atoms with E-state index in [1.54, 1.807) is 0 Å². The number of nitrogens with zero attached hydrogens (tertiary/aromatic N) is 2. The van der Waals surface area contributed by atoms with Crippen LogP contribution >= 0.6 is 11.8 Å². The summed E-state index contributed by atoms with van der Waals surface area (Å²) in [6.45, 7) is 2.18. The summed E-state index contributed by atoms with van der Waals surface area (Å²) in [4.78, 5) is 2.39. The van der Waals surface area contributed by atoms with Gasteiger partial charge in [-0.05, 0) is 35.9 Å². The van der Waals surface area contributed by atoms with Crippen LogP contribution in [0.1, 0.15) is 12.0 Å². The molecule has 0 aliphatic carbocycles. The largest absolute Gasteiger partial charge is 0.398 e. The van der Waals surface area contributed by atoms with Crippen LogP contribution in [0.3, 0.4) is 0 Å². The first-order valence-electron chi connectivity index (χ1n) is 5.89. The number of hydrogen-bond acceptors (Lipinski definition) is 4. The zero-order valence-electron chi connectivity index (χ0n) is 9.85. The summed E-state index contributed by atoms with van der Waals surface area (Å²) in [6.07, 6.45) is 1.62. The zero-order chi connectivity index (χ0) is 12.1. The number of rotatable bonds is 2. The average molecular weight is 247 g/mol. The molecule has 0 bridgehead atoms. The molecule has 2 N–H and O–H groups in total. The van der Waals surface area contributed by atoms with Crippen molar-refractivity contribution < 1.29 is 0 Å². The maximum atomic E-state index is 8.77. The zero-order valence-corrected chi connectivity index (χ0v) is 10.7. The topological polar surface area (TPSA) is 53.0 Å². The number of thioether (sulfide) groups is 1. The van der Waals surface area contributed by atoms with E-state index in [0.29, 0.717) is 6.42 Å². The van der Waals surface area contributed by atoms with Crippen LogP contribution in [0.15, 0.2) is 18.2 Å². The predicted molar refractivity (Wildman–Crippen MR) is 74.3 cm³/mol. The molecule has 2 rings (SSSR count).